The monoisotopic (exact) mass is 356 g/mol. The van der Waals surface area contributed by atoms with Gasteiger partial charge < -0.3 is 10.1 Å². The molecule has 0 aliphatic carbocycles. The first-order valence-corrected chi connectivity index (χ1v) is 8.16. The molecule has 0 aromatic heterocycles. The number of nitrogens with one attached hydrogen (secondary N) is 1. The largest absolute Gasteiger partial charge is 0.447 e. The number of ketones is 1. The standard InChI is InChI=1S/C19H17FN2O4/c20-14-3-1-13(2-4-14)17(23)9-10-18(24)21-15-5-7-16(8-6-15)22-11-12-26-19(22)25/h1-8H,9-12H2,(H,21,24). The molecular formula is C19H17FN2O4. The van der Waals surface area contributed by atoms with E-state index in [0.717, 1.165) is 0 Å². The van der Waals surface area contributed by atoms with Crippen LogP contribution < -0.4 is 10.2 Å². The lowest BCUT2D eigenvalue weighted by Crippen LogP contribution is -2.23. The van der Waals surface area contributed by atoms with E-state index in [2.05, 4.69) is 5.32 Å². The molecule has 26 heavy (non-hydrogen) atoms. The number of ether oxygens (including phenoxy) is 1. The Labute approximate surface area is 149 Å². The molecule has 1 N–H and O–H groups in total. The third kappa shape index (κ3) is 4.24. The van der Waals surface area contributed by atoms with E-state index in [-0.39, 0.29) is 30.6 Å². The van der Waals surface area contributed by atoms with Crippen LogP contribution in [0.4, 0.5) is 20.6 Å². The predicted molar refractivity (Wildman–Crippen MR) is 93.7 cm³/mol. The minimum absolute atomic E-state index is 0.0242. The zero-order valence-electron chi connectivity index (χ0n) is 13.9. The Bertz CT molecular complexity index is 818. The Morgan fingerprint density at radius 2 is 1.73 bits per heavy atom. The minimum atomic E-state index is -0.412. The summed E-state index contributed by atoms with van der Waals surface area (Å²) >= 11 is 0. The van der Waals surface area contributed by atoms with Crippen LogP contribution >= 0.6 is 0 Å². The van der Waals surface area contributed by atoms with Gasteiger partial charge >= 0.3 is 6.09 Å². The van der Waals surface area contributed by atoms with Gasteiger partial charge in [-0.15, -0.1) is 0 Å². The summed E-state index contributed by atoms with van der Waals surface area (Å²) in [6.07, 6.45) is -0.327. The molecule has 2 aromatic rings. The quantitative estimate of drug-likeness (QED) is 0.805. The van der Waals surface area contributed by atoms with Crippen LogP contribution in [0.3, 0.4) is 0 Å². The fourth-order valence-electron chi connectivity index (χ4n) is 2.58. The number of carbonyl (C=O) groups excluding carboxylic acids is 3. The second kappa shape index (κ2) is 7.77. The van der Waals surface area contributed by atoms with Crippen molar-refractivity contribution in [2.24, 2.45) is 0 Å². The van der Waals surface area contributed by atoms with Gasteiger partial charge in [-0.25, -0.2) is 9.18 Å². The number of halogens is 1. The molecule has 2 aromatic carbocycles. The number of rotatable bonds is 6. The second-order valence-electron chi connectivity index (χ2n) is 5.79. The number of hydrogen-bond donors (Lipinski definition) is 1. The SMILES string of the molecule is O=C(CCC(=O)c1ccc(F)cc1)Nc1ccc(N2CCOC2=O)cc1. The summed E-state index contributed by atoms with van der Waals surface area (Å²) in [5, 5.41) is 2.70. The summed E-state index contributed by atoms with van der Waals surface area (Å²) in [5.41, 5.74) is 1.64. The normalized spacial score (nSPS) is 13.4. The van der Waals surface area contributed by atoms with Gasteiger partial charge in [-0.2, -0.15) is 0 Å². The molecule has 0 bridgehead atoms. The van der Waals surface area contributed by atoms with Crippen molar-refractivity contribution in [2.45, 2.75) is 12.8 Å². The van der Waals surface area contributed by atoms with Crippen molar-refractivity contribution < 1.29 is 23.5 Å². The third-order valence-corrected chi connectivity index (χ3v) is 3.97. The van der Waals surface area contributed by atoms with Crippen LogP contribution in [0.5, 0.6) is 0 Å². The molecule has 1 saturated heterocycles. The Balaban J connectivity index is 1.50. The van der Waals surface area contributed by atoms with E-state index in [4.69, 9.17) is 4.74 Å². The summed E-state index contributed by atoms with van der Waals surface area (Å²) in [7, 11) is 0. The molecule has 7 heteroatoms. The lowest BCUT2D eigenvalue weighted by molar-refractivity contribution is -0.116. The highest BCUT2D eigenvalue weighted by molar-refractivity contribution is 6.00. The first-order valence-electron chi connectivity index (χ1n) is 8.16. The van der Waals surface area contributed by atoms with Gasteiger partial charge in [-0.3, -0.25) is 14.5 Å². The number of cyclic esters (lactones) is 1. The maximum atomic E-state index is 12.9. The van der Waals surface area contributed by atoms with E-state index < -0.39 is 5.82 Å². The van der Waals surface area contributed by atoms with E-state index in [1.165, 1.54) is 29.2 Å². The zero-order chi connectivity index (χ0) is 18.5. The molecular weight excluding hydrogens is 339 g/mol. The van der Waals surface area contributed by atoms with Crippen molar-refractivity contribution in [2.75, 3.05) is 23.4 Å². The molecule has 2 amide bonds. The maximum absolute atomic E-state index is 12.9. The van der Waals surface area contributed by atoms with Gasteiger partial charge in [-0.1, -0.05) is 0 Å². The van der Waals surface area contributed by atoms with Crippen molar-refractivity contribution in [3.05, 3.63) is 59.9 Å². The summed E-state index contributed by atoms with van der Waals surface area (Å²) in [6, 6.07) is 12.0. The number of nitrogens with zero attached hydrogens (tertiary/aromatic N) is 1. The van der Waals surface area contributed by atoms with Crippen LogP contribution in [-0.2, 0) is 9.53 Å². The van der Waals surface area contributed by atoms with Gasteiger partial charge in [0.25, 0.3) is 0 Å². The Hall–Kier alpha value is -3.22. The third-order valence-electron chi connectivity index (χ3n) is 3.97. The lowest BCUT2D eigenvalue weighted by Gasteiger charge is -2.13. The average Bonchev–Trinajstić information content (AvgIpc) is 3.07. The number of amides is 2. The number of benzene rings is 2. The molecule has 1 aliphatic rings. The van der Waals surface area contributed by atoms with Crippen LogP contribution in [-0.4, -0.2) is 30.9 Å². The molecule has 0 unspecified atom stereocenters. The fourth-order valence-corrected chi connectivity index (χ4v) is 2.58. The number of carbonyl (C=O) groups is 3. The summed E-state index contributed by atoms with van der Waals surface area (Å²) in [4.78, 5) is 37.0. The van der Waals surface area contributed by atoms with E-state index in [0.29, 0.717) is 30.1 Å². The van der Waals surface area contributed by atoms with Gasteiger partial charge in [0.05, 0.1) is 6.54 Å². The van der Waals surface area contributed by atoms with Gasteiger partial charge in [0.15, 0.2) is 5.78 Å². The molecule has 1 aliphatic heterocycles. The van der Waals surface area contributed by atoms with Crippen molar-refractivity contribution in [1.82, 2.24) is 0 Å². The molecule has 1 heterocycles. The minimum Gasteiger partial charge on any atom is -0.447 e. The van der Waals surface area contributed by atoms with Gasteiger partial charge in [0.1, 0.15) is 12.4 Å². The number of anilines is 2. The van der Waals surface area contributed by atoms with Crippen molar-refractivity contribution in [3.8, 4) is 0 Å². The number of hydrogen-bond acceptors (Lipinski definition) is 4. The molecule has 0 atom stereocenters. The topological polar surface area (TPSA) is 75.7 Å². The molecule has 134 valence electrons. The van der Waals surface area contributed by atoms with Crippen LogP contribution in [0.25, 0.3) is 0 Å². The maximum Gasteiger partial charge on any atom is 0.414 e. The lowest BCUT2D eigenvalue weighted by atomic mass is 10.1. The summed E-state index contributed by atoms with van der Waals surface area (Å²) in [5.74, 6) is -0.929. The van der Waals surface area contributed by atoms with Gasteiger partial charge in [-0.05, 0) is 48.5 Å². The Kier molecular flexibility index (Phi) is 5.26. The van der Waals surface area contributed by atoms with Crippen molar-refractivity contribution in [1.29, 1.82) is 0 Å². The average molecular weight is 356 g/mol. The van der Waals surface area contributed by atoms with E-state index in [1.54, 1.807) is 24.3 Å². The summed E-state index contributed by atoms with van der Waals surface area (Å²) in [6.45, 7) is 0.857. The first kappa shape index (κ1) is 17.6. The highest BCUT2D eigenvalue weighted by atomic mass is 19.1. The van der Waals surface area contributed by atoms with Crippen molar-refractivity contribution in [3.63, 3.8) is 0 Å². The second-order valence-corrected chi connectivity index (χ2v) is 5.79. The number of Topliss-reactive ketones (excluding diaryl/α,β-unsaturated/α-hetero) is 1. The first-order chi connectivity index (χ1) is 12.5. The highest BCUT2D eigenvalue weighted by Crippen LogP contribution is 2.21. The molecule has 6 nitrogen and oxygen atoms in total. The molecule has 1 fully saturated rings. The fraction of sp³-hybridized carbons (Fsp3) is 0.211. The van der Waals surface area contributed by atoms with Crippen LogP contribution in [0.2, 0.25) is 0 Å². The molecule has 3 rings (SSSR count). The van der Waals surface area contributed by atoms with Crippen LogP contribution in [0, 0.1) is 5.82 Å². The predicted octanol–water partition coefficient (Wildman–Crippen LogP) is 3.38. The van der Waals surface area contributed by atoms with Crippen LogP contribution in [0.15, 0.2) is 48.5 Å². The summed E-state index contributed by atoms with van der Waals surface area (Å²) < 4.78 is 17.7. The highest BCUT2D eigenvalue weighted by Gasteiger charge is 2.23. The smallest absolute Gasteiger partial charge is 0.414 e. The Morgan fingerprint density at radius 1 is 1.04 bits per heavy atom. The van der Waals surface area contributed by atoms with E-state index in [9.17, 15) is 18.8 Å². The molecule has 0 spiro atoms. The van der Waals surface area contributed by atoms with Crippen molar-refractivity contribution >= 4 is 29.2 Å². The van der Waals surface area contributed by atoms with Gasteiger partial charge in [0, 0.05) is 29.8 Å². The Morgan fingerprint density at radius 3 is 2.35 bits per heavy atom. The van der Waals surface area contributed by atoms with E-state index in [1.807, 2.05) is 0 Å². The van der Waals surface area contributed by atoms with E-state index >= 15 is 0 Å². The molecule has 0 saturated carbocycles. The zero-order valence-corrected chi connectivity index (χ0v) is 13.9. The molecule has 0 radical (unpaired) electrons. The van der Waals surface area contributed by atoms with Gasteiger partial charge in [0.2, 0.25) is 5.91 Å². The van der Waals surface area contributed by atoms with Crippen LogP contribution in [0.1, 0.15) is 23.2 Å².